The summed E-state index contributed by atoms with van der Waals surface area (Å²) >= 11 is 0. The number of nitrogens with zero attached hydrogens (tertiary/aromatic N) is 2. The number of benzene rings is 1. The van der Waals surface area contributed by atoms with E-state index in [1.54, 1.807) is 7.11 Å². The lowest BCUT2D eigenvalue weighted by atomic mass is 10.1. The van der Waals surface area contributed by atoms with Crippen molar-refractivity contribution in [2.75, 3.05) is 66.2 Å². The van der Waals surface area contributed by atoms with Gasteiger partial charge >= 0.3 is 0 Å². The lowest BCUT2D eigenvalue weighted by Gasteiger charge is -2.26. The Morgan fingerprint density at radius 2 is 1.97 bits per heavy atom. The van der Waals surface area contributed by atoms with Crippen molar-refractivity contribution in [2.45, 2.75) is 26.7 Å². The van der Waals surface area contributed by atoms with Gasteiger partial charge < -0.3 is 24.8 Å². The second-order valence-electron chi connectivity index (χ2n) is 6.66. The molecule has 1 aromatic carbocycles. The van der Waals surface area contributed by atoms with E-state index in [9.17, 15) is 0 Å². The number of guanidine groups is 1. The first-order valence-electron chi connectivity index (χ1n) is 10.4. The summed E-state index contributed by atoms with van der Waals surface area (Å²) in [6.45, 7) is 12.0. The summed E-state index contributed by atoms with van der Waals surface area (Å²) in [5.74, 6) is 2.48. The summed E-state index contributed by atoms with van der Waals surface area (Å²) in [5, 5.41) is 6.75. The highest BCUT2D eigenvalue weighted by Gasteiger charge is 2.09. The minimum absolute atomic E-state index is 0. The molecule has 7 nitrogen and oxygen atoms in total. The van der Waals surface area contributed by atoms with Crippen molar-refractivity contribution in [1.82, 2.24) is 15.5 Å². The average molecular weight is 520 g/mol. The molecule has 1 fully saturated rings. The second kappa shape index (κ2) is 15.6. The van der Waals surface area contributed by atoms with E-state index < -0.39 is 0 Å². The molecule has 8 heteroatoms. The number of hydrogen-bond acceptors (Lipinski definition) is 5. The van der Waals surface area contributed by atoms with Crippen molar-refractivity contribution in [2.24, 2.45) is 4.99 Å². The van der Waals surface area contributed by atoms with Crippen LogP contribution in [0.4, 0.5) is 0 Å². The first-order valence-corrected chi connectivity index (χ1v) is 10.4. The number of morpholine rings is 1. The SMILES string of the molecule is CCNC(=NCCCc1ccc(OC)c(OCC)c1)NCCN1CCOCC1.I. The van der Waals surface area contributed by atoms with Crippen LogP contribution in [0.5, 0.6) is 11.5 Å². The van der Waals surface area contributed by atoms with Crippen LogP contribution >= 0.6 is 24.0 Å². The van der Waals surface area contributed by atoms with Crippen LogP contribution in [-0.4, -0.2) is 77.1 Å². The van der Waals surface area contributed by atoms with E-state index in [1.807, 2.05) is 13.0 Å². The van der Waals surface area contributed by atoms with Crippen molar-refractivity contribution < 1.29 is 14.2 Å². The molecule has 0 atom stereocenters. The zero-order valence-electron chi connectivity index (χ0n) is 18.0. The standard InChI is InChI=1S/C21H36N4O3.HI/c1-4-22-21(24-11-12-25-13-15-27-16-14-25)23-10-6-7-18-8-9-19(26-3)20(17-18)28-5-2;/h8-9,17H,4-7,10-16H2,1-3H3,(H2,22,23,24);1H. The molecule has 0 bridgehead atoms. The molecule has 0 aliphatic carbocycles. The smallest absolute Gasteiger partial charge is 0.191 e. The third-order valence-corrected chi connectivity index (χ3v) is 4.59. The van der Waals surface area contributed by atoms with Crippen molar-refractivity contribution in [3.8, 4) is 11.5 Å². The van der Waals surface area contributed by atoms with Gasteiger partial charge in [0.2, 0.25) is 0 Å². The minimum Gasteiger partial charge on any atom is -0.493 e. The van der Waals surface area contributed by atoms with Crippen LogP contribution in [-0.2, 0) is 11.2 Å². The zero-order valence-corrected chi connectivity index (χ0v) is 20.4. The van der Waals surface area contributed by atoms with Gasteiger partial charge in [0.15, 0.2) is 17.5 Å². The van der Waals surface area contributed by atoms with E-state index in [4.69, 9.17) is 19.2 Å². The lowest BCUT2D eigenvalue weighted by molar-refractivity contribution is 0.0389. The Bertz CT molecular complexity index is 595. The molecule has 166 valence electrons. The molecule has 1 saturated heterocycles. The van der Waals surface area contributed by atoms with Crippen molar-refractivity contribution >= 4 is 29.9 Å². The third-order valence-electron chi connectivity index (χ3n) is 4.59. The number of methoxy groups -OCH3 is 1. The fraction of sp³-hybridized carbons (Fsp3) is 0.667. The van der Waals surface area contributed by atoms with Gasteiger partial charge in [-0.25, -0.2) is 0 Å². The molecule has 1 aliphatic rings. The number of nitrogens with one attached hydrogen (secondary N) is 2. The van der Waals surface area contributed by atoms with E-state index >= 15 is 0 Å². The summed E-state index contributed by atoms with van der Waals surface area (Å²) in [7, 11) is 1.67. The van der Waals surface area contributed by atoms with Gasteiger partial charge in [-0.05, 0) is 44.4 Å². The third kappa shape index (κ3) is 9.86. The molecule has 0 amide bonds. The van der Waals surface area contributed by atoms with E-state index in [0.29, 0.717) is 6.61 Å². The highest BCUT2D eigenvalue weighted by molar-refractivity contribution is 14.0. The molecular weight excluding hydrogens is 483 g/mol. The molecule has 0 saturated carbocycles. The fourth-order valence-electron chi connectivity index (χ4n) is 3.12. The highest BCUT2D eigenvalue weighted by Crippen LogP contribution is 2.28. The van der Waals surface area contributed by atoms with Crippen LogP contribution < -0.4 is 20.1 Å². The maximum atomic E-state index is 5.65. The average Bonchev–Trinajstić information content (AvgIpc) is 2.72. The van der Waals surface area contributed by atoms with Gasteiger partial charge in [0.05, 0.1) is 26.9 Å². The number of aliphatic imine (C=N–C) groups is 1. The van der Waals surface area contributed by atoms with Crippen LogP contribution in [0.1, 0.15) is 25.8 Å². The van der Waals surface area contributed by atoms with Crippen molar-refractivity contribution in [1.29, 1.82) is 0 Å². The molecule has 2 rings (SSSR count). The van der Waals surface area contributed by atoms with Gasteiger partial charge in [0, 0.05) is 39.3 Å². The van der Waals surface area contributed by atoms with Gasteiger partial charge in [-0.3, -0.25) is 9.89 Å². The van der Waals surface area contributed by atoms with Crippen molar-refractivity contribution in [3.63, 3.8) is 0 Å². The van der Waals surface area contributed by atoms with Crippen LogP contribution in [0.2, 0.25) is 0 Å². The molecule has 1 heterocycles. The first-order chi connectivity index (χ1) is 13.8. The molecule has 0 spiro atoms. The Morgan fingerprint density at radius 3 is 2.66 bits per heavy atom. The zero-order chi connectivity index (χ0) is 20.0. The van der Waals surface area contributed by atoms with E-state index in [1.165, 1.54) is 5.56 Å². The molecule has 0 radical (unpaired) electrons. The predicted molar refractivity (Wildman–Crippen MR) is 129 cm³/mol. The van der Waals surface area contributed by atoms with Gasteiger partial charge in [0.1, 0.15) is 0 Å². The van der Waals surface area contributed by atoms with Crippen LogP contribution in [0.25, 0.3) is 0 Å². The highest BCUT2D eigenvalue weighted by atomic mass is 127. The number of ether oxygens (including phenoxy) is 3. The monoisotopic (exact) mass is 520 g/mol. The first kappa shape index (κ1) is 25.8. The summed E-state index contributed by atoms with van der Waals surface area (Å²) in [6, 6.07) is 6.13. The Kier molecular flexibility index (Phi) is 13.8. The summed E-state index contributed by atoms with van der Waals surface area (Å²) in [4.78, 5) is 7.12. The summed E-state index contributed by atoms with van der Waals surface area (Å²) in [5.41, 5.74) is 1.24. The number of halogens is 1. The van der Waals surface area contributed by atoms with Gasteiger partial charge in [0.25, 0.3) is 0 Å². The number of hydrogen-bond donors (Lipinski definition) is 2. The molecule has 1 aliphatic heterocycles. The Labute approximate surface area is 192 Å². The minimum atomic E-state index is 0. The molecule has 1 aromatic rings. The normalized spacial score (nSPS) is 14.8. The maximum absolute atomic E-state index is 5.65. The second-order valence-corrected chi connectivity index (χ2v) is 6.66. The van der Waals surface area contributed by atoms with E-state index in [2.05, 4.69) is 34.6 Å². The van der Waals surface area contributed by atoms with Crippen molar-refractivity contribution in [3.05, 3.63) is 23.8 Å². The summed E-state index contributed by atoms with van der Waals surface area (Å²) in [6.07, 6.45) is 1.94. The van der Waals surface area contributed by atoms with E-state index in [-0.39, 0.29) is 24.0 Å². The van der Waals surface area contributed by atoms with Crippen LogP contribution in [0.3, 0.4) is 0 Å². The topological polar surface area (TPSA) is 67.4 Å². The molecular formula is C21H37IN4O3. The molecule has 0 aromatic heterocycles. The largest absolute Gasteiger partial charge is 0.493 e. The Hall–Kier alpha value is -1.26. The van der Waals surface area contributed by atoms with E-state index in [0.717, 1.165) is 82.8 Å². The van der Waals surface area contributed by atoms with Crippen LogP contribution in [0.15, 0.2) is 23.2 Å². The number of rotatable bonds is 11. The van der Waals surface area contributed by atoms with Gasteiger partial charge in [-0.1, -0.05) is 6.07 Å². The summed E-state index contributed by atoms with van der Waals surface area (Å²) < 4.78 is 16.4. The maximum Gasteiger partial charge on any atom is 0.191 e. The van der Waals surface area contributed by atoms with Gasteiger partial charge in [-0.2, -0.15) is 0 Å². The Morgan fingerprint density at radius 1 is 1.17 bits per heavy atom. The number of aryl methyl sites for hydroxylation is 1. The molecule has 29 heavy (non-hydrogen) atoms. The quantitative estimate of drug-likeness (QED) is 0.202. The fourth-order valence-corrected chi connectivity index (χ4v) is 3.12. The van der Waals surface area contributed by atoms with Crippen LogP contribution in [0, 0.1) is 0 Å². The molecule has 2 N–H and O–H groups in total. The Balaban J connectivity index is 0.00000420. The molecule has 0 unspecified atom stereocenters. The predicted octanol–water partition coefficient (Wildman–Crippen LogP) is 2.53. The van der Waals surface area contributed by atoms with Gasteiger partial charge in [-0.15, -0.1) is 24.0 Å². The lowest BCUT2D eigenvalue weighted by Crippen LogP contribution is -2.44.